The van der Waals surface area contributed by atoms with Gasteiger partial charge in [-0.15, -0.1) is 6.42 Å². The van der Waals surface area contributed by atoms with Gasteiger partial charge in [0, 0.05) is 5.02 Å². The second kappa shape index (κ2) is 5.88. The third-order valence-corrected chi connectivity index (χ3v) is 3.24. The highest BCUT2D eigenvalue weighted by Gasteiger charge is 2.27. The van der Waals surface area contributed by atoms with E-state index in [1.165, 1.54) is 12.1 Å². The zero-order chi connectivity index (χ0) is 13.8. The Hall–Kier alpha value is -1.53. The molecule has 0 aliphatic carbocycles. The summed E-state index contributed by atoms with van der Waals surface area (Å²) in [5.41, 5.74) is -0.838. The summed E-state index contributed by atoms with van der Waals surface area (Å²) in [4.78, 5) is 12.0. The highest BCUT2D eigenvalue weighted by Crippen LogP contribution is 2.18. The van der Waals surface area contributed by atoms with Gasteiger partial charge in [-0.1, -0.05) is 31.4 Å². The number of nitrogens with one attached hydrogen (secondary N) is 1. The standard InChI is InChI=1S/C14H15ClFNO/c1-4-14(5-2,6-3)17-13(18)11-9-10(15)7-8-12(11)16/h1,7-9H,5-6H2,2-3H3,(H,17,18). The molecule has 0 saturated carbocycles. The number of amides is 1. The van der Waals surface area contributed by atoms with Crippen molar-refractivity contribution in [3.63, 3.8) is 0 Å². The van der Waals surface area contributed by atoms with E-state index in [0.717, 1.165) is 6.07 Å². The van der Waals surface area contributed by atoms with E-state index in [0.29, 0.717) is 17.9 Å². The van der Waals surface area contributed by atoms with Crippen molar-refractivity contribution in [1.29, 1.82) is 0 Å². The summed E-state index contributed by atoms with van der Waals surface area (Å²) in [5.74, 6) is 1.40. The lowest BCUT2D eigenvalue weighted by atomic mass is 9.93. The van der Waals surface area contributed by atoms with Crippen LogP contribution in [0.5, 0.6) is 0 Å². The first-order valence-electron chi connectivity index (χ1n) is 5.73. The summed E-state index contributed by atoms with van der Waals surface area (Å²) in [5, 5.41) is 3.00. The molecule has 0 aromatic heterocycles. The van der Waals surface area contributed by atoms with Gasteiger partial charge in [-0.25, -0.2) is 4.39 Å². The maximum absolute atomic E-state index is 13.5. The third-order valence-electron chi connectivity index (χ3n) is 3.01. The van der Waals surface area contributed by atoms with Crippen LogP contribution in [-0.4, -0.2) is 11.4 Å². The van der Waals surface area contributed by atoms with E-state index in [1.807, 2.05) is 13.8 Å². The maximum Gasteiger partial charge on any atom is 0.255 e. The molecule has 0 unspecified atom stereocenters. The second-order valence-corrected chi connectivity index (χ2v) is 4.45. The van der Waals surface area contributed by atoms with Crippen molar-refractivity contribution in [2.24, 2.45) is 0 Å². The van der Waals surface area contributed by atoms with Crippen LogP contribution in [0.15, 0.2) is 18.2 Å². The van der Waals surface area contributed by atoms with Crippen LogP contribution in [-0.2, 0) is 0 Å². The van der Waals surface area contributed by atoms with Gasteiger partial charge >= 0.3 is 0 Å². The Labute approximate surface area is 112 Å². The fraction of sp³-hybridized carbons (Fsp3) is 0.357. The van der Waals surface area contributed by atoms with Crippen LogP contribution in [0.1, 0.15) is 37.0 Å². The fourth-order valence-electron chi connectivity index (χ4n) is 1.62. The van der Waals surface area contributed by atoms with E-state index < -0.39 is 17.3 Å². The molecular weight excluding hydrogens is 253 g/mol. The van der Waals surface area contributed by atoms with E-state index in [-0.39, 0.29) is 5.56 Å². The molecule has 1 N–H and O–H groups in total. The van der Waals surface area contributed by atoms with Crippen LogP contribution >= 0.6 is 11.6 Å². The van der Waals surface area contributed by atoms with Gasteiger partial charge in [0.15, 0.2) is 0 Å². The highest BCUT2D eigenvalue weighted by molar-refractivity contribution is 6.31. The Morgan fingerprint density at radius 2 is 2.11 bits per heavy atom. The lowest BCUT2D eigenvalue weighted by molar-refractivity contribution is 0.0912. The monoisotopic (exact) mass is 267 g/mol. The third kappa shape index (κ3) is 3.02. The van der Waals surface area contributed by atoms with Gasteiger partial charge in [0.05, 0.1) is 5.56 Å². The SMILES string of the molecule is C#CC(CC)(CC)NC(=O)c1cc(Cl)ccc1F. The van der Waals surface area contributed by atoms with Crippen LogP contribution in [0.3, 0.4) is 0 Å². The summed E-state index contributed by atoms with van der Waals surface area (Å²) < 4.78 is 13.5. The Morgan fingerprint density at radius 1 is 1.50 bits per heavy atom. The molecule has 0 saturated heterocycles. The molecule has 18 heavy (non-hydrogen) atoms. The minimum Gasteiger partial charge on any atom is -0.336 e. The van der Waals surface area contributed by atoms with Gasteiger partial charge in [0.1, 0.15) is 11.4 Å². The van der Waals surface area contributed by atoms with Gasteiger partial charge in [-0.3, -0.25) is 4.79 Å². The number of carbonyl (C=O) groups excluding carboxylic acids is 1. The van der Waals surface area contributed by atoms with Crippen LogP contribution in [0.2, 0.25) is 5.02 Å². The zero-order valence-corrected chi connectivity index (χ0v) is 11.1. The predicted octanol–water partition coefficient (Wildman–Crippen LogP) is 3.40. The van der Waals surface area contributed by atoms with Gasteiger partial charge in [-0.05, 0) is 31.0 Å². The molecular formula is C14H15ClFNO. The Kier molecular flexibility index (Phi) is 4.75. The number of rotatable bonds is 4. The molecule has 0 aliphatic rings. The summed E-state index contributed by atoms with van der Waals surface area (Å²) in [6.45, 7) is 3.75. The summed E-state index contributed by atoms with van der Waals surface area (Å²) in [6.07, 6.45) is 6.59. The average molecular weight is 268 g/mol. The summed E-state index contributed by atoms with van der Waals surface area (Å²) >= 11 is 5.75. The summed E-state index contributed by atoms with van der Waals surface area (Å²) in [7, 11) is 0. The first kappa shape index (κ1) is 14.5. The Bertz CT molecular complexity index is 489. The van der Waals surface area contributed by atoms with Crippen molar-refractivity contribution in [2.45, 2.75) is 32.2 Å². The number of benzene rings is 1. The fourth-order valence-corrected chi connectivity index (χ4v) is 1.80. The normalized spacial score (nSPS) is 10.8. The van der Waals surface area contributed by atoms with Crippen molar-refractivity contribution in [1.82, 2.24) is 5.32 Å². The van der Waals surface area contributed by atoms with Crippen molar-refractivity contribution in [3.05, 3.63) is 34.6 Å². The van der Waals surface area contributed by atoms with E-state index in [9.17, 15) is 9.18 Å². The number of carbonyl (C=O) groups is 1. The van der Waals surface area contributed by atoms with Crippen molar-refractivity contribution in [3.8, 4) is 12.3 Å². The smallest absolute Gasteiger partial charge is 0.255 e. The molecule has 0 heterocycles. The van der Waals surface area contributed by atoms with Gasteiger partial charge in [0.25, 0.3) is 5.91 Å². The molecule has 0 atom stereocenters. The molecule has 4 heteroatoms. The Morgan fingerprint density at radius 3 is 2.61 bits per heavy atom. The average Bonchev–Trinajstić information content (AvgIpc) is 2.38. The molecule has 2 nitrogen and oxygen atoms in total. The number of halogens is 2. The van der Waals surface area contributed by atoms with Crippen molar-refractivity contribution < 1.29 is 9.18 Å². The lowest BCUT2D eigenvalue weighted by Gasteiger charge is -2.27. The Balaban J connectivity index is 3.02. The van der Waals surface area contributed by atoms with Crippen LogP contribution in [0, 0.1) is 18.2 Å². The van der Waals surface area contributed by atoms with E-state index in [4.69, 9.17) is 18.0 Å². The molecule has 96 valence electrons. The topological polar surface area (TPSA) is 29.1 Å². The quantitative estimate of drug-likeness (QED) is 0.833. The second-order valence-electron chi connectivity index (χ2n) is 4.01. The van der Waals surface area contributed by atoms with Gasteiger partial charge < -0.3 is 5.32 Å². The van der Waals surface area contributed by atoms with E-state index in [2.05, 4.69) is 11.2 Å². The van der Waals surface area contributed by atoms with Crippen LogP contribution in [0.4, 0.5) is 4.39 Å². The van der Waals surface area contributed by atoms with E-state index >= 15 is 0 Å². The van der Waals surface area contributed by atoms with Gasteiger partial charge in [0.2, 0.25) is 0 Å². The summed E-state index contributed by atoms with van der Waals surface area (Å²) in [6, 6.07) is 3.84. The largest absolute Gasteiger partial charge is 0.336 e. The maximum atomic E-state index is 13.5. The lowest BCUT2D eigenvalue weighted by Crippen LogP contribution is -2.46. The molecule has 1 aromatic rings. The molecule has 0 aliphatic heterocycles. The van der Waals surface area contributed by atoms with Gasteiger partial charge in [-0.2, -0.15) is 0 Å². The predicted molar refractivity (Wildman–Crippen MR) is 71.0 cm³/mol. The van der Waals surface area contributed by atoms with Crippen LogP contribution < -0.4 is 5.32 Å². The first-order chi connectivity index (χ1) is 8.48. The molecule has 0 radical (unpaired) electrons. The number of hydrogen-bond donors (Lipinski definition) is 1. The molecule has 1 aromatic carbocycles. The van der Waals surface area contributed by atoms with E-state index in [1.54, 1.807) is 0 Å². The molecule has 1 rings (SSSR count). The first-order valence-corrected chi connectivity index (χ1v) is 6.11. The molecule has 0 spiro atoms. The van der Waals surface area contributed by atoms with Crippen molar-refractivity contribution in [2.75, 3.05) is 0 Å². The molecule has 0 bridgehead atoms. The number of hydrogen-bond acceptors (Lipinski definition) is 1. The molecule has 1 amide bonds. The minimum atomic E-state index is -0.744. The number of terminal acetylenes is 1. The highest BCUT2D eigenvalue weighted by atomic mass is 35.5. The zero-order valence-electron chi connectivity index (χ0n) is 10.4. The van der Waals surface area contributed by atoms with Crippen molar-refractivity contribution >= 4 is 17.5 Å². The van der Waals surface area contributed by atoms with Crippen LogP contribution in [0.25, 0.3) is 0 Å². The minimum absolute atomic E-state index is 0.0935. The molecule has 0 fully saturated rings.